The van der Waals surface area contributed by atoms with E-state index in [1.165, 1.54) is 19.3 Å². The van der Waals surface area contributed by atoms with E-state index in [9.17, 15) is 0 Å². The molecule has 1 saturated carbocycles. The van der Waals surface area contributed by atoms with E-state index >= 15 is 0 Å². The van der Waals surface area contributed by atoms with Gasteiger partial charge in [0.2, 0.25) is 0 Å². The van der Waals surface area contributed by atoms with Gasteiger partial charge in [-0.2, -0.15) is 0 Å². The highest BCUT2D eigenvalue weighted by atomic mass is 16.7. The van der Waals surface area contributed by atoms with Gasteiger partial charge in [0.05, 0.1) is 17.3 Å². The molecule has 0 N–H and O–H groups in total. The van der Waals surface area contributed by atoms with Gasteiger partial charge in [0.25, 0.3) is 0 Å². The van der Waals surface area contributed by atoms with Gasteiger partial charge in [-0.15, -0.1) is 0 Å². The molecule has 2 aliphatic rings. The third-order valence-corrected chi connectivity index (χ3v) is 4.95. The second-order valence-corrected chi connectivity index (χ2v) is 6.75. The molecule has 2 rings (SSSR count). The van der Waals surface area contributed by atoms with Crippen LogP contribution in [0.5, 0.6) is 0 Å². The summed E-state index contributed by atoms with van der Waals surface area (Å²) in [6, 6.07) is 0. The summed E-state index contributed by atoms with van der Waals surface area (Å²) in [6.07, 6.45) is 6.29. The molecule has 1 heterocycles. The standard InChI is InChI=1S/C14H27BO3/c1-13(2)14(3,4)18-15(17-13)11-7-6-8-12(16-5)10-9-11/h11-12H,6-10H2,1-5H3. The maximum absolute atomic E-state index is 6.16. The van der Waals surface area contributed by atoms with E-state index in [0.29, 0.717) is 11.9 Å². The lowest BCUT2D eigenvalue weighted by Crippen LogP contribution is -2.41. The first-order chi connectivity index (χ1) is 8.36. The number of rotatable bonds is 2. The monoisotopic (exact) mass is 254 g/mol. The van der Waals surface area contributed by atoms with Crippen LogP contribution in [0.2, 0.25) is 5.82 Å². The van der Waals surface area contributed by atoms with Crippen LogP contribution in [-0.2, 0) is 14.0 Å². The normalized spacial score (nSPS) is 35.5. The van der Waals surface area contributed by atoms with E-state index in [-0.39, 0.29) is 18.3 Å². The maximum Gasteiger partial charge on any atom is 0.461 e. The lowest BCUT2D eigenvalue weighted by atomic mass is 9.68. The van der Waals surface area contributed by atoms with Gasteiger partial charge < -0.3 is 14.0 Å². The average Bonchev–Trinajstić information content (AvgIpc) is 2.47. The van der Waals surface area contributed by atoms with Crippen LogP contribution in [0.1, 0.15) is 59.8 Å². The van der Waals surface area contributed by atoms with Crippen LogP contribution in [0.3, 0.4) is 0 Å². The molecule has 18 heavy (non-hydrogen) atoms. The van der Waals surface area contributed by atoms with Crippen LogP contribution >= 0.6 is 0 Å². The molecule has 3 nitrogen and oxygen atoms in total. The Balaban J connectivity index is 1.97. The minimum atomic E-state index is -0.204. The minimum absolute atomic E-state index is 0.0365. The number of hydrogen-bond acceptors (Lipinski definition) is 3. The van der Waals surface area contributed by atoms with Crippen molar-refractivity contribution in [2.45, 2.75) is 82.9 Å². The van der Waals surface area contributed by atoms with Gasteiger partial charge in [-0.25, -0.2) is 0 Å². The molecule has 0 amide bonds. The third kappa shape index (κ3) is 2.76. The molecule has 0 radical (unpaired) electrons. The van der Waals surface area contributed by atoms with Crippen LogP contribution in [0.4, 0.5) is 0 Å². The zero-order chi connectivity index (χ0) is 13.4. The molecule has 0 aromatic heterocycles. The molecule has 2 unspecified atom stereocenters. The van der Waals surface area contributed by atoms with E-state index < -0.39 is 0 Å². The van der Waals surface area contributed by atoms with Crippen LogP contribution in [0, 0.1) is 0 Å². The van der Waals surface area contributed by atoms with E-state index in [2.05, 4.69) is 27.7 Å². The average molecular weight is 254 g/mol. The highest BCUT2D eigenvalue weighted by molar-refractivity contribution is 6.47. The fourth-order valence-corrected chi connectivity index (χ4v) is 2.89. The molecule has 0 spiro atoms. The lowest BCUT2D eigenvalue weighted by Gasteiger charge is -2.32. The van der Waals surface area contributed by atoms with Crippen molar-refractivity contribution < 1.29 is 14.0 Å². The zero-order valence-corrected chi connectivity index (χ0v) is 12.5. The molecule has 2 atom stereocenters. The molecule has 0 aromatic rings. The van der Waals surface area contributed by atoms with Crippen molar-refractivity contribution in [3.8, 4) is 0 Å². The van der Waals surface area contributed by atoms with Crippen LogP contribution in [-0.4, -0.2) is 31.5 Å². The Morgan fingerprint density at radius 3 is 2.11 bits per heavy atom. The fraction of sp³-hybridized carbons (Fsp3) is 1.00. The number of methoxy groups -OCH3 is 1. The van der Waals surface area contributed by atoms with Crippen molar-refractivity contribution in [2.75, 3.05) is 7.11 Å². The summed E-state index contributed by atoms with van der Waals surface area (Å²) >= 11 is 0. The summed E-state index contributed by atoms with van der Waals surface area (Å²) in [7, 11) is 1.78. The van der Waals surface area contributed by atoms with Crippen LogP contribution < -0.4 is 0 Å². The summed E-state index contributed by atoms with van der Waals surface area (Å²) in [5.41, 5.74) is -0.407. The van der Waals surface area contributed by atoms with Gasteiger partial charge >= 0.3 is 7.12 Å². The van der Waals surface area contributed by atoms with Gasteiger partial charge in [0.1, 0.15) is 0 Å². The molecule has 1 aliphatic heterocycles. The van der Waals surface area contributed by atoms with Gasteiger partial charge in [0.15, 0.2) is 0 Å². The first-order valence-corrected chi connectivity index (χ1v) is 7.24. The molecule has 1 saturated heterocycles. The summed E-state index contributed by atoms with van der Waals surface area (Å²) < 4.78 is 17.8. The van der Waals surface area contributed by atoms with E-state index in [1.54, 1.807) is 0 Å². The summed E-state index contributed by atoms with van der Waals surface area (Å²) in [5, 5.41) is 0. The predicted molar refractivity (Wildman–Crippen MR) is 73.7 cm³/mol. The van der Waals surface area contributed by atoms with Gasteiger partial charge in [0, 0.05) is 7.11 Å². The Kier molecular flexibility index (Phi) is 4.10. The SMILES string of the molecule is COC1CCCC(B2OC(C)(C)C(C)(C)O2)CC1. The Hall–Kier alpha value is -0.0551. The first-order valence-electron chi connectivity index (χ1n) is 7.24. The highest BCUT2D eigenvalue weighted by Crippen LogP contribution is 2.43. The van der Waals surface area contributed by atoms with Crippen molar-refractivity contribution in [1.29, 1.82) is 0 Å². The van der Waals surface area contributed by atoms with E-state index in [4.69, 9.17) is 14.0 Å². The molecule has 4 heteroatoms. The summed E-state index contributed by atoms with van der Waals surface area (Å²) in [5.74, 6) is 0.520. The topological polar surface area (TPSA) is 27.7 Å². The smallest absolute Gasteiger partial charge is 0.403 e. The second kappa shape index (κ2) is 5.14. The molecule has 1 aliphatic carbocycles. The second-order valence-electron chi connectivity index (χ2n) is 6.75. The van der Waals surface area contributed by atoms with Crippen molar-refractivity contribution >= 4 is 7.12 Å². The molecular weight excluding hydrogens is 227 g/mol. The Bertz CT molecular complexity index is 275. The molecule has 2 fully saturated rings. The number of hydrogen-bond donors (Lipinski definition) is 0. The summed E-state index contributed by atoms with van der Waals surface area (Å²) in [4.78, 5) is 0. The van der Waals surface area contributed by atoms with Crippen LogP contribution in [0.25, 0.3) is 0 Å². The van der Waals surface area contributed by atoms with Gasteiger partial charge in [-0.05, 0) is 52.8 Å². The van der Waals surface area contributed by atoms with Crippen molar-refractivity contribution in [1.82, 2.24) is 0 Å². The third-order valence-electron chi connectivity index (χ3n) is 4.95. The Morgan fingerprint density at radius 2 is 1.56 bits per heavy atom. The van der Waals surface area contributed by atoms with Crippen LogP contribution in [0.15, 0.2) is 0 Å². The fourth-order valence-electron chi connectivity index (χ4n) is 2.89. The molecule has 0 bridgehead atoms. The van der Waals surface area contributed by atoms with Gasteiger partial charge in [-0.1, -0.05) is 12.8 Å². The zero-order valence-electron chi connectivity index (χ0n) is 12.5. The van der Waals surface area contributed by atoms with Crippen molar-refractivity contribution in [3.63, 3.8) is 0 Å². The maximum atomic E-state index is 6.16. The molecular formula is C14H27BO3. The molecule has 104 valence electrons. The quantitative estimate of drug-likeness (QED) is 0.558. The Labute approximate surface area is 112 Å². The van der Waals surface area contributed by atoms with Crippen molar-refractivity contribution in [3.05, 3.63) is 0 Å². The number of ether oxygens (including phenoxy) is 1. The Morgan fingerprint density at radius 1 is 0.944 bits per heavy atom. The predicted octanol–water partition coefficient (Wildman–Crippen LogP) is 3.43. The largest absolute Gasteiger partial charge is 0.461 e. The van der Waals surface area contributed by atoms with Gasteiger partial charge in [-0.3, -0.25) is 0 Å². The minimum Gasteiger partial charge on any atom is -0.403 e. The van der Waals surface area contributed by atoms with E-state index in [0.717, 1.165) is 12.8 Å². The highest BCUT2D eigenvalue weighted by Gasteiger charge is 2.53. The lowest BCUT2D eigenvalue weighted by molar-refractivity contribution is 0.00578. The van der Waals surface area contributed by atoms with E-state index in [1.807, 2.05) is 7.11 Å². The molecule has 0 aromatic carbocycles. The first kappa shape index (κ1) is 14.4. The van der Waals surface area contributed by atoms with Crippen molar-refractivity contribution in [2.24, 2.45) is 0 Å². The summed E-state index contributed by atoms with van der Waals surface area (Å²) in [6.45, 7) is 8.51.